The van der Waals surface area contributed by atoms with Crippen molar-refractivity contribution < 1.29 is 23.1 Å². The normalized spacial score (nSPS) is 21.6. The highest BCUT2D eigenvalue weighted by molar-refractivity contribution is 5.70. The Morgan fingerprint density at radius 3 is 2.40 bits per heavy atom. The maximum Gasteiger partial charge on any atom is 0.416 e. The van der Waals surface area contributed by atoms with E-state index in [0.717, 1.165) is 12.1 Å². The molecule has 1 aliphatic carbocycles. The van der Waals surface area contributed by atoms with Crippen LogP contribution >= 0.6 is 0 Å². The van der Waals surface area contributed by atoms with Gasteiger partial charge in [-0.1, -0.05) is 18.2 Å². The molecular weight excluding hydrogens is 333 g/mol. The zero-order chi connectivity index (χ0) is 19.0. The molecule has 0 spiro atoms. The van der Waals surface area contributed by atoms with Crippen LogP contribution in [0.15, 0.2) is 30.3 Å². The SMILES string of the molecule is CC(C)(C)N(C(=O)O)C1CC=C(c2cccc(C(F)(F)F)c2)CC1N. The van der Waals surface area contributed by atoms with Gasteiger partial charge in [0.1, 0.15) is 0 Å². The smallest absolute Gasteiger partial charge is 0.416 e. The summed E-state index contributed by atoms with van der Waals surface area (Å²) < 4.78 is 38.7. The summed E-state index contributed by atoms with van der Waals surface area (Å²) in [6, 6.07) is 4.23. The molecule has 0 saturated heterocycles. The van der Waals surface area contributed by atoms with E-state index < -0.39 is 35.5 Å². The van der Waals surface area contributed by atoms with E-state index in [1.54, 1.807) is 32.9 Å². The maximum atomic E-state index is 12.9. The highest BCUT2D eigenvalue weighted by Crippen LogP contribution is 2.35. The second-order valence-corrected chi connectivity index (χ2v) is 7.30. The molecule has 138 valence electrons. The molecule has 25 heavy (non-hydrogen) atoms. The predicted octanol–water partition coefficient (Wildman–Crippen LogP) is 4.36. The van der Waals surface area contributed by atoms with Gasteiger partial charge < -0.3 is 10.8 Å². The summed E-state index contributed by atoms with van der Waals surface area (Å²) in [6.45, 7) is 5.37. The molecule has 2 atom stereocenters. The number of nitrogens with zero attached hydrogens (tertiary/aromatic N) is 1. The van der Waals surface area contributed by atoms with Crippen LogP contribution in [0.1, 0.15) is 44.7 Å². The van der Waals surface area contributed by atoms with Crippen LogP contribution in [-0.4, -0.2) is 33.7 Å². The zero-order valence-corrected chi connectivity index (χ0v) is 14.5. The topological polar surface area (TPSA) is 66.6 Å². The third-order valence-corrected chi connectivity index (χ3v) is 4.38. The van der Waals surface area contributed by atoms with E-state index in [2.05, 4.69) is 0 Å². The first-order chi connectivity index (χ1) is 11.4. The molecule has 1 aliphatic rings. The van der Waals surface area contributed by atoms with Crippen LogP contribution in [0, 0.1) is 0 Å². The van der Waals surface area contributed by atoms with Crippen LogP contribution in [0.2, 0.25) is 0 Å². The second kappa shape index (κ2) is 6.71. The third-order valence-electron chi connectivity index (χ3n) is 4.38. The van der Waals surface area contributed by atoms with Gasteiger partial charge in [-0.15, -0.1) is 0 Å². The molecule has 1 aromatic rings. The number of halogens is 3. The Kier molecular flexibility index (Phi) is 5.18. The Balaban J connectivity index is 2.29. The molecule has 0 radical (unpaired) electrons. The van der Waals surface area contributed by atoms with Crippen molar-refractivity contribution in [2.75, 3.05) is 0 Å². The fourth-order valence-corrected chi connectivity index (χ4v) is 3.27. The van der Waals surface area contributed by atoms with Crippen molar-refractivity contribution >= 4 is 11.7 Å². The van der Waals surface area contributed by atoms with Gasteiger partial charge in [0.25, 0.3) is 0 Å². The number of hydrogen-bond donors (Lipinski definition) is 2. The average molecular weight is 356 g/mol. The van der Waals surface area contributed by atoms with Crippen LogP contribution in [0.25, 0.3) is 5.57 Å². The largest absolute Gasteiger partial charge is 0.465 e. The molecule has 1 aromatic carbocycles. The molecule has 0 saturated carbocycles. The predicted molar refractivity (Wildman–Crippen MR) is 90.0 cm³/mol. The number of hydrogen-bond acceptors (Lipinski definition) is 2. The van der Waals surface area contributed by atoms with Crippen LogP contribution in [0.4, 0.5) is 18.0 Å². The Morgan fingerprint density at radius 2 is 1.92 bits per heavy atom. The number of amides is 1. The number of alkyl halides is 3. The number of benzene rings is 1. The van der Waals surface area contributed by atoms with Crippen LogP contribution in [0.3, 0.4) is 0 Å². The molecule has 4 nitrogen and oxygen atoms in total. The highest BCUT2D eigenvalue weighted by atomic mass is 19.4. The molecule has 3 N–H and O–H groups in total. The summed E-state index contributed by atoms with van der Waals surface area (Å²) in [4.78, 5) is 13.0. The average Bonchev–Trinajstić information content (AvgIpc) is 2.46. The van der Waals surface area contributed by atoms with Gasteiger partial charge in [-0.05, 0) is 56.9 Å². The van der Waals surface area contributed by atoms with E-state index in [9.17, 15) is 23.1 Å². The Morgan fingerprint density at radius 1 is 1.28 bits per heavy atom. The van der Waals surface area contributed by atoms with Gasteiger partial charge >= 0.3 is 12.3 Å². The lowest BCUT2D eigenvalue weighted by Crippen LogP contribution is -2.58. The van der Waals surface area contributed by atoms with E-state index in [4.69, 9.17) is 5.73 Å². The van der Waals surface area contributed by atoms with Crippen molar-refractivity contribution in [3.8, 4) is 0 Å². The molecule has 2 rings (SSSR count). The summed E-state index contributed by atoms with van der Waals surface area (Å²) in [5, 5.41) is 9.51. The van der Waals surface area contributed by atoms with E-state index >= 15 is 0 Å². The first kappa shape index (κ1) is 19.3. The van der Waals surface area contributed by atoms with Crippen molar-refractivity contribution in [1.29, 1.82) is 0 Å². The fraction of sp³-hybridized carbons (Fsp3) is 0.500. The number of nitrogens with two attached hydrogens (primary N) is 1. The van der Waals surface area contributed by atoms with Gasteiger partial charge in [-0.2, -0.15) is 13.2 Å². The lowest BCUT2D eigenvalue weighted by molar-refractivity contribution is -0.137. The maximum absolute atomic E-state index is 12.9. The van der Waals surface area contributed by atoms with Gasteiger partial charge in [0, 0.05) is 11.6 Å². The first-order valence-electron chi connectivity index (χ1n) is 8.06. The quantitative estimate of drug-likeness (QED) is 0.827. The van der Waals surface area contributed by atoms with E-state index in [0.29, 0.717) is 24.0 Å². The summed E-state index contributed by atoms with van der Waals surface area (Å²) in [5.74, 6) is 0. The molecule has 1 amide bonds. The van der Waals surface area contributed by atoms with E-state index in [-0.39, 0.29) is 0 Å². The van der Waals surface area contributed by atoms with Crippen molar-refractivity contribution in [2.24, 2.45) is 5.73 Å². The van der Waals surface area contributed by atoms with Gasteiger partial charge in [0.05, 0.1) is 11.6 Å². The standard InChI is InChI=1S/C18H23F3N2O2/c1-17(2,3)23(16(24)25)15-8-7-12(10-14(15)22)11-5-4-6-13(9-11)18(19,20)21/h4-7,9,14-15H,8,10,22H2,1-3H3,(H,24,25). The van der Waals surface area contributed by atoms with Crippen molar-refractivity contribution in [2.45, 2.75) is 57.4 Å². The van der Waals surface area contributed by atoms with Crippen LogP contribution < -0.4 is 5.73 Å². The summed E-state index contributed by atoms with van der Waals surface area (Å²) in [5.41, 5.74) is 6.07. The monoisotopic (exact) mass is 356 g/mol. The van der Waals surface area contributed by atoms with Gasteiger partial charge in [-0.3, -0.25) is 4.90 Å². The lowest BCUT2D eigenvalue weighted by Gasteiger charge is -2.43. The van der Waals surface area contributed by atoms with Gasteiger partial charge in [0.2, 0.25) is 0 Å². The van der Waals surface area contributed by atoms with E-state index in [1.807, 2.05) is 0 Å². The molecule has 7 heteroatoms. The second-order valence-electron chi connectivity index (χ2n) is 7.30. The Labute approximate surface area is 145 Å². The van der Waals surface area contributed by atoms with Gasteiger partial charge in [-0.25, -0.2) is 4.79 Å². The van der Waals surface area contributed by atoms with Crippen LogP contribution in [0.5, 0.6) is 0 Å². The molecule has 0 aromatic heterocycles. The fourth-order valence-electron chi connectivity index (χ4n) is 3.27. The molecule has 2 unspecified atom stereocenters. The summed E-state index contributed by atoms with van der Waals surface area (Å²) >= 11 is 0. The van der Waals surface area contributed by atoms with E-state index in [1.165, 1.54) is 11.0 Å². The summed E-state index contributed by atoms with van der Waals surface area (Å²) in [7, 11) is 0. The Bertz CT molecular complexity index is 678. The minimum Gasteiger partial charge on any atom is -0.465 e. The number of carbonyl (C=O) groups is 1. The number of rotatable bonds is 2. The minimum absolute atomic E-state index is 0.325. The van der Waals surface area contributed by atoms with Crippen LogP contribution in [-0.2, 0) is 6.18 Å². The summed E-state index contributed by atoms with van der Waals surface area (Å²) in [6.07, 6.45) is -2.96. The van der Waals surface area contributed by atoms with Crippen molar-refractivity contribution in [3.63, 3.8) is 0 Å². The lowest BCUT2D eigenvalue weighted by atomic mass is 9.84. The molecule has 0 aliphatic heterocycles. The van der Waals surface area contributed by atoms with Crippen molar-refractivity contribution in [3.05, 3.63) is 41.5 Å². The third kappa shape index (κ3) is 4.34. The highest BCUT2D eigenvalue weighted by Gasteiger charge is 2.38. The number of carboxylic acid groups (broad SMARTS) is 1. The molecular formula is C18H23F3N2O2. The minimum atomic E-state index is -4.40. The molecule has 0 fully saturated rings. The molecule has 0 heterocycles. The van der Waals surface area contributed by atoms with Crippen molar-refractivity contribution in [1.82, 2.24) is 4.90 Å². The zero-order valence-electron chi connectivity index (χ0n) is 14.5. The Hall–Kier alpha value is -2.02. The molecule has 0 bridgehead atoms. The first-order valence-corrected chi connectivity index (χ1v) is 8.06. The van der Waals surface area contributed by atoms with Gasteiger partial charge in [0.15, 0.2) is 0 Å².